The topological polar surface area (TPSA) is 68.2 Å². The lowest BCUT2D eigenvalue weighted by atomic mass is 10.1. The number of ether oxygens (including phenoxy) is 2. The number of hydrogen-bond acceptors (Lipinski definition) is 7. The van der Waals surface area contributed by atoms with Gasteiger partial charge in [-0.05, 0) is 12.1 Å². The second kappa shape index (κ2) is 5.45. The molecule has 0 saturated carbocycles. The molecule has 1 aromatic rings. The van der Waals surface area contributed by atoms with Crippen molar-refractivity contribution in [3.8, 4) is 11.5 Å². The van der Waals surface area contributed by atoms with Crippen LogP contribution in [-0.4, -0.2) is 49.7 Å². The van der Waals surface area contributed by atoms with E-state index >= 15 is 0 Å². The molecule has 23 heavy (non-hydrogen) atoms. The van der Waals surface area contributed by atoms with E-state index in [1.54, 1.807) is 11.8 Å². The van der Waals surface area contributed by atoms with Gasteiger partial charge in [-0.1, -0.05) is 17.8 Å². The molecule has 0 aliphatic carbocycles. The second-order valence-electron chi connectivity index (χ2n) is 5.63. The van der Waals surface area contributed by atoms with Crippen molar-refractivity contribution in [2.45, 2.75) is 12.1 Å². The Hall–Kier alpha value is -1.67. The van der Waals surface area contributed by atoms with Gasteiger partial charge in [-0.15, -0.1) is 6.58 Å². The molecule has 3 aliphatic heterocycles. The van der Waals surface area contributed by atoms with E-state index in [-0.39, 0.29) is 30.4 Å². The molecule has 0 unspecified atom stereocenters. The monoisotopic (exact) mass is 352 g/mol. The van der Waals surface area contributed by atoms with E-state index in [0.717, 1.165) is 16.6 Å². The van der Waals surface area contributed by atoms with Crippen molar-refractivity contribution in [2.75, 3.05) is 29.0 Å². The Labute approximate surface area is 139 Å². The number of amidine groups is 1. The Kier molecular flexibility index (Phi) is 3.53. The molecule has 122 valence electrons. The summed E-state index contributed by atoms with van der Waals surface area (Å²) in [6.45, 7) is 3.95. The summed E-state index contributed by atoms with van der Waals surface area (Å²) >= 11 is 1.57. The quantitative estimate of drug-likeness (QED) is 0.771. The highest BCUT2D eigenvalue weighted by molar-refractivity contribution is 8.14. The summed E-state index contributed by atoms with van der Waals surface area (Å²) < 4.78 is 34.7. The largest absolute Gasteiger partial charge is 0.454 e. The zero-order valence-electron chi connectivity index (χ0n) is 12.3. The van der Waals surface area contributed by atoms with Gasteiger partial charge < -0.3 is 14.4 Å². The molecule has 0 N–H and O–H groups in total. The Morgan fingerprint density at radius 1 is 1.35 bits per heavy atom. The van der Waals surface area contributed by atoms with Crippen LogP contribution in [0.4, 0.5) is 5.69 Å². The minimum atomic E-state index is -3.04. The lowest BCUT2D eigenvalue weighted by molar-refractivity contribution is 0.174. The van der Waals surface area contributed by atoms with Crippen LogP contribution in [0.3, 0.4) is 0 Å². The molecule has 6 nitrogen and oxygen atoms in total. The Morgan fingerprint density at radius 3 is 3.00 bits per heavy atom. The molecule has 1 saturated heterocycles. The van der Waals surface area contributed by atoms with Gasteiger partial charge in [0.05, 0.1) is 23.6 Å². The van der Waals surface area contributed by atoms with Crippen molar-refractivity contribution < 1.29 is 17.9 Å². The SMILES string of the molecule is C=CCSC1=N[C@H]2CS(=O)(=O)C[C@H]2N1c1ccc2c(c1)OCO2. The number of benzene rings is 1. The van der Waals surface area contributed by atoms with Crippen molar-refractivity contribution in [1.29, 1.82) is 0 Å². The molecule has 0 aromatic heterocycles. The summed E-state index contributed by atoms with van der Waals surface area (Å²) in [4.78, 5) is 6.66. The normalized spacial score (nSPS) is 27.0. The zero-order valence-corrected chi connectivity index (χ0v) is 14.0. The van der Waals surface area contributed by atoms with Gasteiger partial charge in [0.2, 0.25) is 6.79 Å². The van der Waals surface area contributed by atoms with Crippen LogP contribution < -0.4 is 14.4 Å². The molecular weight excluding hydrogens is 336 g/mol. The third-order valence-electron chi connectivity index (χ3n) is 4.07. The number of anilines is 1. The maximum absolute atomic E-state index is 12.0. The molecule has 0 radical (unpaired) electrons. The van der Waals surface area contributed by atoms with Crippen LogP contribution in [0.2, 0.25) is 0 Å². The fourth-order valence-corrected chi connectivity index (χ4v) is 5.81. The highest BCUT2D eigenvalue weighted by Gasteiger charge is 2.47. The van der Waals surface area contributed by atoms with Gasteiger partial charge >= 0.3 is 0 Å². The van der Waals surface area contributed by atoms with Gasteiger partial charge in [0, 0.05) is 17.5 Å². The molecule has 8 heteroatoms. The summed E-state index contributed by atoms with van der Waals surface area (Å²) in [5.41, 5.74) is 0.883. The van der Waals surface area contributed by atoms with E-state index < -0.39 is 9.84 Å². The van der Waals surface area contributed by atoms with Crippen LogP contribution in [0.25, 0.3) is 0 Å². The van der Waals surface area contributed by atoms with E-state index in [0.29, 0.717) is 11.5 Å². The maximum atomic E-state index is 12.0. The number of hydrogen-bond donors (Lipinski definition) is 0. The molecule has 3 aliphatic rings. The summed E-state index contributed by atoms with van der Waals surface area (Å²) in [7, 11) is -3.04. The molecule has 0 bridgehead atoms. The molecule has 2 atom stereocenters. The lowest BCUT2D eigenvalue weighted by Gasteiger charge is -2.26. The average molecular weight is 352 g/mol. The fraction of sp³-hybridized carbons (Fsp3) is 0.400. The van der Waals surface area contributed by atoms with Crippen molar-refractivity contribution in [1.82, 2.24) is 0 Å². The summed E-state index contributed by atoms with van der Waals surface area (Å²) in [5.74, 6) is 2.37. The van der Waals surface area contributed by atoms with Crippen LogP contribution >= 0.6 is 11.8 Å². The molecule has 0 amide bonds. The highest BCUT2D eigenvalue weighted by atomic mass is 32.2. The molecule has 0 spiro atoms. The zero-order chi connectivity index (χ0) is 16.0. The highest BCUT2D eigenvalue weighted by Crippen LogP contribution is 2.40. The van der Waals surface area contributed by atoms with Crippen LogP contribution in [0.15, 0.2) is 35.8 Å². The standard InChI is InChI=1S/C15H16N2O4S2/c1-2-5-22-15-16-11-7-23(18,19)8-12(11)17(15)10-3-4-13-14(6-10)21-9-20-13/h2-4,6,11-12H,1,5,7-9H2/t11-,12+/m0/s1. The maximum Gasteiger partial charge on any atom is 0.231 e. The number of aliphatic imine (C=N–C) groups is 1. The third-order valence-corrected chi connectivity index (χ3v) is 6.73. The van der Waals surface area contributed by atoms with Gasteiger partial charge in [0.25, 0.3) is 0 Å². The molecule has 1 aromatic carbocycles. The van der Waals surface area contributed by atoms with Crippen LogP contribution in [-0.2, 0) is 9.84 Å². The predicted molar refractivity (Wildman–Crippen MR) is 91.4 cm³/mol. The summed E-state index contributed by atoms with van der Waals surface area (Å²) in [5, 5.41) is 0.841. The van der Waals surface area contributed by atoms with Gasteiger partial charge in [-0.2, -0.15) is 0 Å². The van der Waals surface area contributed by atoms with Crippen molar-refractivity contribution in [2.24, 2.45) is 4.99 Å². The molecule has 1 fully saturated rings. The van der Waals surface area contributed by atoms with E-state index in [1.165, 1.54) is 0 Å². The lowest BCUT2D eigenvalue weighted by Crippen LogP contribution is -2.39. The Bertz CT molecular complexity index is 791. The average Bonchev–Trinajstić information content (AvgIpc) is 3.15. The van der Waals surface area contributed by atoms with Crippen molar-refractivity contribution in [3.63, 3.8) is 0 Å². The van der Waals surface area contributed by atoms with Crippen LogP contribution in [0.5, 0.6) is 11.5 Å². The second-order valence-corrected chi connectivity index (χ2v) is 8.77. The molecule has 3 heterocycles. The number of thioether (sulfide) groups is 1. The number of sulfone groups is 1. The Morgan fingerprint density at radius 2 is 2.17 bits per heavy atom. The smallest absolute Gasteiger partial charge is 0.231 e. The first-order valence-electron chi connectivity index (χ1n) is 7.28. The molecular formula is C15H16N2O4S2. The van der Waals surface area contributed by atoms with E-state index in [9.17, 15) is 8.42 Å². The first-order chi connectivity index (χ1) is 11.1. The van der Waals surface area contributed by atoms with Gasteiger partial charge in [0.1, 0.15) is 0 Å². The predicted octanol–water partition coefficient (Wildman–Crippen LogP) is 1.68. The first kappa shape index (κ1) is 14.9. The summed E-state index contributed by atoms with van der Waals surface area (Å²) in [6, 6.07) is 5.32. The van der Waals surface area contributed by atoms with Gasteiger partial charge in [0.15, 0.2) is 26.5 Å². The van der Waals surface area contributed by atoms with Crippen molar-refractivity contribution >= 4 is 32.5 Å². The minimum absolute atomic E-state index is 0.122. The van der Waals surface area contributed by atoms with E-state index in [2.05, 4.69) is 11.6 Å². The van der Waals surface area contributed by atoms with Gasteiger partial charge in [-0.3, -0.25) is 4.99 Å². The summed E-state index contributed by atoms with van der Waals surface area (Å²) in [6.07, 6.45) is 1.82. The van der Waals surface area contributed by atoms with Crippen LogP contribution in [0, 0.1) is 0 Å². The molecule has 4 rings (SSSR count). The number of fused-ring (bicyclic) bond motifs is 2. The minimum Gasteiger partial charge on any atom is -0.454 e. The third kappa shape index (κ3) is 2.59. The van der Waals surface area contributed by atoms with E-state index in [4.69, 9.17) is 9.47 Å². The van der Waals surface area contributed by atoms with E-state index in [1.807, 2.05) is 29.2 Å². The number of nitrogens with zero attached hydrogens (tertiary/aromatic N) is 2. The van der Waals surface area contributed by atoms with Crippen LogP contribution in [0.1, 0.15) is 0 Å². The Balaban J connectivity index is 1.71. The first-order valence-corrected chi connectivity index (χ1v) is 10.1. The van der Waals surface area contributed by atoms with Crippen molar-refractivity contribution in [3.05, 3.63) is 30.9 Å². The number of rotatable bonds is 3. The van der Waals surface area contributed by atoms with Gasteiger partial charge in [-0.25, -0.2) is 8.42 Å². The fourth-order valence-electron chi connectivity index (χ4n) is 3.10.